The zero-order chi connectivity index (χ0) is 12.5. The van der Waals surface area contributed by atoms with E-state index in [1.165, 1.54) is 17.8 Å². The van der Waals surface area contributed by atoms with Crippen LogP contribution in [0.4, 0.5) is 4.39 Å². The Hall–Kier alpha value is -1.88. The quantitative estimate of drug-likeness (QED) is 0.522. The van der Waals surface area contributed by atoms with Crippen LogP contribution < -0.4 is 0 Å². The van der Waals surface area contributed by atoms with Crippen molar-refractivity contribution in [2.75, 3.05) is 6.26 Å². The Morgan fingerprint density at radius 3 is 2.94 bits per heavy atom. The second-order valence-electron chi connectivity index (χ2n) is 3.76. The summed E-state index contributed by atoms with van der Waals surface area (Å²) in [5.74, 6) is 0.528. The van der Waals surface area contributed by atoms with Crippen molar-refractivity contribution in [3.63, 3.8) is 0 Å². The highest BCUT2D eigenvalue weighted by molar-refractivity contribution is 7.98. The first kappa shape index (κ1) is 11.2. The van der Waals surface area contributed by atoms with E-state index in [0.717, 1.165) is 11.3 Å². The van der Waals surface area contributed by atoms with Gasteiger partial charge in [0.2, 0.25) is 0 Å². The molecule has 1 aromatic carbocycles. The molecule has 3 aromatic rings. The first-order valence-corrected chi connectivity index (χ1v) is 6.65. The highest BCUT2D eigenvalue weighted by atomic mass is 32.2. The number of halogens is 1. The zero-order valence-corrected chi connectivity index (χ0v) is 10.5. The van der Waals surface area contributed by atoms with Crippen LogP contribution in [0.15, 0.2) is 47.9 Å². The first-order chi connectivity index (χ1) is 8.79. The van der Waals surface area contributed by atoms with Gasteiger partial charge in [-0.25, -0.2) is 14.4 Å². The molecule has 3 rings (SSSR count). The molecule has 0 amide bonds. The molecule has 0 atom stereocenters. The second kappa shape index (κ2) is 4.42. The summed E-state index contributed by atoms with van der Waals surface area (Å²) in [6.45, 7) is 0. The van der Waals surface area contributed by atoms with Crippen LogP contribution in [0.1, 0.15) is 0 Å². The lowest BCUT2D eigenvalue weighted by Gasteiger charge is -2.05. The smallest absolute Gasteiger partial charge is 0.189 e. The number of nitrogens with zero attached hydrogens (tertiary/aromatic N) is 3. The van der Waals surface area contributed by atoms with E-state index >= 15 is 0 Å². The van der Waals surface area contributed by atoms with E-state index in [1.807, 2.05) is 29.2 Å². The Morgan fingerprint density at radius 1 is 1.22 bits per heavy atom. The maximum atomic E-state index is 13.6. The van der Waals surface area contributed by atoms with Crippen LogP contribution in [-0.4, -0.2) is 20.8 Å². The molecule has 0 bridgehead atoms. The molecular weight excluding hydrogens is 249 g/mol. The third kappa shape index (κ3) is 1.76. The maximum absolute atomic E-state index is 13.6. The molecule has 0 aliphatic rings. The molecule has 18 heavy (non-hydrogen) atoms. The van der Waals surface area contributed by atoms with Crippen molar-refractivity contribution in [3.05, 3.63) is 48.5 Å². The number of aromatic nitrogens is 3. The van der Waals surface area contributed by atoms with Gasteiger partial charge in [-0.15, -0.1) is 0 Å². The number of fused-ring (bicyclic) bond motifs is 1. The molecular formula is C13H10FN3S. The van der Waals surface area contributed by atoms with E-state index in [9.17, 15) is 4.39 Å². The van der Waals surface area contributed by atoms with Gasteiger partial charge in [0, 0.05) is 17.8 Å². The molecule has 0 radical (unpaired) electrons. The van der Waals surface area contributed by atoms with Gasteiger partial charge in [0.15, 0.2) is 5.16 Å². The van der Waals surface area contributed by atoms with Gasteiger partial charge in [0.25, 0.3) is 0 Å². The minimum Gasteiger partial charge on any atom is -0.301 e. The summed E-state index contributed by atoms with van der Waals surface area (Å²) in [4.78, 5) is 8.54. The molecule has 0 saturated carbocycles. The normalized spacial score (nSPS) is 11.0. The van der Waals surface area contributed by atoms with Gasteiger partial charge in [0.1, 0.15) is 11.6 Å². The topological polar surface area (TPSA) is 30.7 Å². The molecule has 90 valence electrons. The molecule has 3 nitrogen and oxygen atoms in total. The lowest BCUT2D eigenvalue weighted by molar-refractivity contribution is 0.640. The Kier molecular flexibility index (Phi) is 2.76. The monoisotopic (exact) mass is 259 g/mol. The van der Waals surface area contributed by atoms with Crippen molar-refractivity contribution in [1.29, 1.82) is 0 Å². The maximum Gasteiger partial charge on any atom is 0.189 e. The number of thioether (sulfide) groups is 1. The van der Waals surface area contributed by atoms with E-state index in [1.54, 1.807) is 18.3 Å². The summed E-state index contributed by atoms with van der Waals surface area (Å²) < 4.78 is 15.5. The number of hydrogen-bond acceptors (Lipinski definition) is 3. The minimum atomic E-state index is -0.217. The van der Waals surface area contributed by atoms with Crippen LogP contribution in [0.25, 0.3) is 16.7 Å². The van der Waals surface area contributed by atoms with Crippen molar-refractivity contribution < 1.29 is 4.39 Å². The van der Waals surface area contributed by atoms with Crippen LogP contribution in [0.5, 0.6) is 0 Å². The van der Waals surface area contributed by atoms with Crippen LogP contribution in [0.2, 0.25) is 0 Å². The fourth-order valence-corrected chi connectivity index (χ4v) is 2.25. The largest absolute Gasteiger partial charge is 0.301 e. The molecule has 2 aromatic heterocycles. The molecule has 0 spiro atoms. The summed E-state index contributed by atoms with van der Waals surface area (Å²) in [5, 5.41) is 1.30. The fourth-order valence-electron chi connectivity index (χ4n) is 1.89. The summed E-state index contributed by atoms with van der Waals surface area (Å²) >= 11 is 1.48. The van der Waals surface area contributed by atoms with Crippen molar-refractivity contribution in [1.82, 2.24) is 14.5 Å². The summed E-state index contributed by atoms with van der Waals surface area (Å²) in [7, 11) is 0. The fraction of sp³-hybridized carbons (Fsp3) is 0.0769. The van der Waals surface area contributed by atoms with Crippen LogP contribution >= 0.6 is 11.8 Å². The van der Waals surface area contributed by atoms with Gasteiger partial charge < -0.3 is 4.57 Å². The standard InChI is InChI=1S/C13H10FN3S/c1-18-13-15-7-5-12(16-13)17-8-6-9-10(14)3-2-4-11(9)17/h2-8H,1H3. The van der Waals surface area contributed by atoms with Gasteiger partial charge in [-0.05, 0) is 30.5 Å². The molecule has 5 heteroatoms. The van der Waals surface area contributed by atoms with E-state index in [4.69, 9.17) is 0 Å². The first-order valence-electron chi connectivity index (χ1n) is 5.42. The van der Waals surface area contributed by atoms with Gasteiger partial charge in [-0.1, -0.05) is 17.8 Å². The molecule has 0 N–H and O–H groups in total. The van der Waals surface area contributed by atoms with Gasteiger partial charge in [-0.2, -0.15) is 0 Å². The highest BCUT2D eigenvalue weighted by Gasteiger charge is 2.08. The van der Waals surface area contributed by atoms with E-state index in [2.05, 4.69) is 9.97 Å². The molecule has 2 heterocycles. The average Bonchev–Trinajstić information content (AvgIpc) is 2.84. The van der Waals surface area contributed by atoms with Crippen molar-refractivity contribution in [2.45, 2.75) is 5.16 Å². The van der Waals surface area contributed by atoms with Crippen molar-refractivity contribution in [3.8, 4) is 5.82 Å². The number of rotatable bonds is 2. The second-order valence-corrected chi connectivity index (χ2v) is 4.53. The predicted octanol–water partition coefficient (Wildman–Crippen LogP) is 3.28. The molecule has 0 saturated heterocycles. The van der Waals surface area contributed by atoms with E-state index < -0.39 is 0 Å². The Bertz CT molecular complexity index is 708. The Balaban J connectivity index is 2.22. The highest BCUT2D eigenvalue weighted by Crippen LogP contribution is 2.22. The SMILES string of the molecule is CSc1nccc(-n2ccc3c(F)cccc32)n1. The summed E-state index contributed by atoms with van der Waals surface area (Å²) in [5.41, 5.74) is 0.806. The van der Waals surface area contributed by atoms with Gasteiger partial charge in [0.05, 0.1) is 5.52 Å². The molecule has 0 unspecified atom stereocenters. The minimum absolute atomic E-state index is 0.217. The van der Waals surface area contributed by atoms with E-state index in [-0.39, 0.29) is 5.82 Å². The summed E-state index contributed by atoms with van der Waals surface area (Å²) in [6.07, 6.45) is 5.45. The van der Waals surface area contributed by atoms with E-state index in [0.29, 0.717) is 10.5 Å². The molecule has 0 aliphatic heterocycles. The zero-order valence-electron chi connectivity index (χ0n) is 9.67. The van der Waals surface area contributed by atoms with Gasteiger partial charge in [-0.3, -0.25) is 0 Å². The van der Waals surface area contributed by atoms with Crippen molar-refractivity contribution in [2.24, 2.45) is 0 Å². The third-order valence-corrected chi connectivity index (χ3v) is 3.29. The lowest BCUT2D eigenvalue weighted by atomic mass is 10.2. The molecule has 0 aliphatic carbocycles. The predicted molar refractivity (Wildman–Crippen MR) is 70.6 cm³/mol. The average molecular weight is 259 g/mol. The third-order valence-electron chi connectivity index (χ3n) is 2.73. The Labute approximate surface area is 108 Å². The van der Waals surface area contributed by atoms with Crippen LogP contribution in [-0.2, 0) is 0 Å². The van der Waals surface area contributed by atoms with Crippen LogP contribution in [0.3, 0.4) is 0 Å². The number of benzene rings is 1. The van der Waals surface area contributed by atoms with Gasteiger partial charge >= 0.3 is 0 Å². The van der Waals surface area contributed by atoms with Crippen molar-refractivity contribution >= 4 is 22.7 Å². The number of hydrogen-bond donors (Lipinski definition) is 0. The lowest BCUT2D eigenvalue weighted by Crippen LogP contribution is -1.97. The summed E-state index contributed by atoms with van der Waals surface area (Å²) in [6, 6.07) is 8.60. The van der Waals surface area contributed by atoms with Crippen LogP contribution in [0, 0.1) is 5.82 Å². The molecule has 0 fully saturated rings. The Morgan fingerprint density at radius 2 is 2.11 bits per heavy atom.